The van der Waals surface area contributed by atoms with Gasteiger partial charge in [-0.1, -0.05) is 25.1 Å². The third-order valence-electron chi connectivity index (χ3n) is 5.15. The molecule has 0 aliphatic carbocycles. The number of thiophene rings is 1. The Balaban J connectivity index is 1.72. The first-order valence-corrected chi connectivity index (χ1v) is 10.5. The zero-order valence-electron chi connectivity index (χ0n) is 16.4. The van der Waals surface area contributed by atoms with E-state index in [1.165, 1.54) is 4.88 Å². The van der Waals surface area contributed by atoms with E-state index in [1.807, 2.05) is 19.1 Å². The molecule has 0 unspecified atom stereocenters. The summed E-state index contributed by atoms with van der Waals surface area (Å²) in [5.74, 6) is 1.03. The number of methoxy groups -OCH3 is 1. The van der Waals surface area contributed by atoms with Crippen molar-refractivity contribution in [2.75, 3.05) is 38.2 Å². The van der Waals surface area contributed by atoms with Gasteiger partial charge in [0.1, 0.15) is 5.75 Å². The average Bonchev–Trinajstić information content (AvgIpc) is 3.22. The van der Waals surface area contributed by atoms with Crippen LogP contribution in [0, 0.1) is 0 Å². The van der Waals surface area contributed by atoms with E-state index < -0.39 is 0 Å². The number of para-hydroxylation sites is 2. The maximum Gasteiger partial charge on any atom is 0.219 e. The minimum absolute atomic E-state index is 0.0777. The molecule has 1 saturated heterocycles. The van der Waals surface area contributed by atoms with Crippen molar-refractivity contribution in [3.8, 4) is 5.75 Å². The summed E-state index contributed by atoms with van der Waals surface area (Å²) in [7, 11) is 1.72. The number of anilines is 1. The van der Waals surface area contributed by atoms with E-state index in [1.54, 1.807) is 18.4 Å². The molecule has 1 aliphatic heterocycles. The van der Waals surface area contributed by atoms with Crippen molar-refractivity contribution >= 4 is 22.9 Å². The molecule has 3 rings (SSSR count). The first kappa shape index (κ1) is 19.7. The minimum Gasteiger partial charge on any atom is -0.495 e. The van der Waals surface area contributed by atoms with E-state index in [9.17, 15) is 4.79 Å². The Hall–Kier alpha value is -2.05. The Labute approximate surface area is 165 Å². The van der Waals surface area contributed by atoms with E-state index in [0.29, 0.717) is 6.42 Å². The highest BCUT2D eigenvalue weighted by Gasteiger charge is 2.31. The van der Waals surface area contributed by atoms with Crippen LogP contribution in [0.25, 0.3) is 0 Å². The minimum atomic E-state index is 0.0777. The van der Waals surface area contributed by atoms with E-state index in [2.05, 4.69) is 51.7 Å². The molecule has 1 amide bonds. The number of amides is 1. The molecule has 6 heteroatoms. The highest BCUT2D eigenvalue weighted by Crippen LogP contribution is 2.32. The van der Waals surface area contributed by atoms with Gasteiger partial charge in [-0.05, 0) is 30.5 Å². The van der Waals surface area contributed by atoms with Crippen LogP contribution >= 0.6 is 11.3 Å². The predicted molar refractivity (Wildman–Crippen MR) is 112 cm³/mol. The second-order valence-corrected chi connectivity index (χ2v) is 7.84. The van der Waals surface area contributed by atoms with Crippen molar-refractivity contribution in [1.82, 2.24) is 10.2 Å². The summed E-state index contributed by atoms with van der Waals surface area (Å²) in [6.07, 6.45) is 0.517. The number of benzene rings is 1. The lowest BCUT2D eigenvalue weighted by Gasteiger charge is -2.42. The molecule has 0 spiro atoms. The molecule has 5 nitrogen and oxygen atoms in total. The molecule has 1 fully saturated rings. The SMILES string of the molecule is CCC(=O)N[C@@H](C)[C@@H](c1cccs1)N1CCN(c2ccccc2OC)CC1. The Morgan fingerprint density at radius 2 is 1.93 bits per heavy atom. The number of carbonyl (C=O) groups is 1. The van der Waals surface area contributed by atoms with Crippen molar-refractivity contribution in [1.29, 1.82) is 0 Å². The van der Waals surface area contributed by atoms with Crippen LogP contribution in [0.2, 0.25) is 0 Å². The number of ether oxygens (including phenoxy) is 1. The first-order chi connectivity index (χ1) is 13.1. The molecule has 1 aromatic carbocycles. The Bertz CT molecular complexity index is 727. The van der Waals surface area contributed by atoms with Crippen LogP contribution in [0.15, 0.2) is 41.8 Å². The van der Waals surface area contributed by atoms with Crippen LogP contribution in [-0.2, 0) is 4.79 Å². The first-order valence-electron chi connectivity index (χ1n) is 9.58. The standard InChI is InChI=1S/C21H29N3O2S/c1-4-20(25)22-16(2)21(19-10-7-15-27-19)24-13-11-23(12-14-24)17-8-5-6-9-18(17)26-3/h5-10,15-16,21H,4,11-14H2,1-3H3,(H,22,25)/t16-,21-/m0/s1. The summed E-state index contributed by atoms with van der Waals surface area (Å²) in [5, 5.41) is 5.28. The number of rotatable bonds is 7. The molecular weight excluding hydrogens is 358 g/mol. The van der Waals surface area contributed by atoms with E-state index in [0.717, 1.165) is 37.6 Å². The third-order valence-corrected chi connectivity index (χ3v) is 6.09. The summed E-state index contributed by atoms with van der Waals surface area (Å²) in [6, 6.07) is 12.7. The summed E-state index contributed by atoms with van der Waals surface area (Å²) in [4.78, 5) is 18.1. The average molecular weight is 388 g/mol. The molecule has 1 aromatic heterocycles. The van der Waals surface area contributed by atoms with Crippen LogP contribution < -0.4 is 15.0 Å². The summed E-state index contributed by atoms with van der Waals surface area (Å²) in [5.41, 5.74) is 1.15. The van der Waals surface area contributed by atoms with Gasteiger partial charge in [-0.15, -0.1) is 11.3 Å². The van der Waals surface area contributed by atoms with E-state index >= 15 is 0 Å². The molecular formula is C21H29N3O2S. The van der Waals surface area contributed by atoms with Crippen molar-refractivity contribution < 1.29 is 9.53 Å². The molecule has 0 saturated carbocycles. The monoisotopic (exact) mass is 387 g/mol. The summed E-state index contributed by atoms with van der Waals surface area (Å²) >= 11 is 1.76. The van der Waals surface area contributed by atoms with Crippen LogP contribution in [0.5, 0.6) is 5.75 Å². The van der Waals surface area contributed by atoms with Gasteiger partial charge in [0.25, 0.3) is 0 Å². The zero-order valence-corrected chi connectivity index (χ0v) is 17.2. The fourth-order valence-electron chi connectivity index (χ4n) is 3.77. The van der Waals surface area contributed by atoms with Crippen molar-refractivity contribution in [2.45, 2.75) is 32.4 Å². The molecule has 1 N–H and O–H groups in total. The number of piperazine rings is 1. The fourth-order valence-corrected chi connectivity index (χ4v) is 4.73. The van der Waals surface area contributed by atoms with Gasteiger partial charge >= 0.3 is 0 Å². The lowest BCUT2D eigenvalue weighted by atomic mass is 10.0. The van der Waals surface area contributed by atoms with Crippen molar-refractivity contribution in [3.05, 3.63) is 46.7 Å². The molecule has 1 aliphatic rings. The summed E-state index contributed by atoms with van der Waals surface area (Å²) < 4.78 is 5.52. The number of carbonyl (C=O) groups excluding carboxylic acids is 1. The smallest absolute Gasteiger partial charge is 0.219 e. The van der Waals surface area contributed by atoms with Crippen LogP contribution in [-0.4, -0.2) is 50.1 Å². The number of hydrogen-bond acceptors (Lipinski definition) is 5. The van der Waals surface area contributed by atoms with Crippen molar-refractivity contribution in [2.24, 2.45) is 0 Å². The van der Waals surface area contributed by atoms with Crippen LogP contribution in [0.4, 0.5) is 5.69 Å². The van der Waals surface area contributed by atoms with Crippen molar-refractivity contribution in [3.63, 3.8) is 0 Å². The van der Waals surface area contributed by atoms with E-state index in [4.69, 9.17) is 4.74 Å². The zero-order chi connectivity index (χ0) is 19.2. The largest absolute Gasteiger partial charge is 0.495 e. The molecule has 0 bridgehead atoms. The topological polar surface area (TPSA) is 44.8 Å². The molecule has 146 valence electrons. The Morgan fingerprint density at radius 3 is 2.56 bits per heavy atom. The fraction of sp³-hybridized carbons (Fsp3) is 0.476. The highest BCUT2D eigenvalue weighted by atomic mass is 32.1. The normalized spacial score (nSPS) is 17.4. The second-order valence-electron chi connectivity index (χ2n) is 6.86. The van der Waals surface area contributed by atoms with Gasteiger partial charge in [0.05, 0.1) is 18.8 Å². The molecule has 2 aromatic rings. The lowest BCUT2D eigenvalue weighted by molar-refractivity contribution is -0.121. The Kier molecular flexibility index (Phi) is 6.74. The highest BCUT2D eigenvalue weighted by molar-refractivity contribution is 7.10. The van der Waals surface area contributed by atoms with E-state index in [-0.39, 0.29) is 18.0 Å². The maximum atomic E-state index is 11.9. The number of nitrogens with one attached hydrogen (secondary N) is 1. The van der Waals surface area contributed by atoms with Gasteiger partial charge in [0, 0.05) is 43.5 Å². The van der Waals surface area contributed by atoms with Gasteiger partial charge in [-0.25, -0.2) is 0 Å². The van der Waals surface area contributed by atoms with Crippen LogP contribution in [0.3, 0.4) is 0 Å². The second kappa shape index (κ2) is 9.24. The number of nitrogens with zero attached hydrogens (tertiary/aromatic N) is 2. The molecule has 27 heavy (non-hydrogen) atoms. The van der Waals surface area contributed by atoms with Gasteiger partial charge in [-0.3, -0.25) is 9.69 Å². The lowest BCUT2D eigenvalue weighted by Crippen LogP contribution is -2.52. The van der Waals surface area contributed by atoms with Gasteiger partial charge in [0.15, 0.2) is 0 Å². The Morgan fingerprint density at radius 1 is 1.19 bits per heavy atom. The maximum absolute atomic E-state index is 11.9. The molecule has 2 heterocycles. The quantitative estimate of drug-likeness (QED) is 0.789. The predicted octanol–water partition coefficient (Wildman–Crippen LogP) is 3.53. The van der Waals surface area contributed by atoms with Crippen LogP contribution in [0.1, 0.15) is 31.2 Å². The van der Waals surface area contributed by atoms with Gasteiger partial charge in [0.2, 0.25) is 5.91 Å². The van der Waals surface area contributed by atoms with Gasteiger partial charge < -0.3 is 15.0 Å². The molecule has 0 radical (unpaired) electrons. The molecule has 2 atom stereocenters. The van der Waals surface area contributed by atoms with Gasteiger partial charge in [-0.2, -0.15) is 0 Å². The summed E-state index contributed by atoms with van der Waals surface area (Å²) in [6.45, 7) is 7.80. The third kappa shape index (κ3) is 4.62. The number of hydrogen-bond donors (Lipinski definition) is 1.